The van der Waals surface area contributed by atoms with Crippen LogP contribution in [0.1, 0.15) is 44.5 Å². The molecule has 0 bridgehead atoms. The van der Waals surface area contributed by atoms with Gasteiger partial charge in [0.1, 0.15) is 10.8 Å². The van der Waals surface area contributed by atoms with E-state index in [4.69, 9.17) is 15.2 Å². The lowest BCUT2D eigenvalue weighted by Crippen LogP contribution is -2.22. The van der Waals surface area contributed by atoms with Crippen LogP contribution in [0.5, 0.6) is 5.75 Å². The first-order chi connectivity index (χ1) is 13.4. The van der Waals surface area contributed by atoms with E-state index >= 15 is 0 Å². The highest BCUT2D eigenvalue weighted by molar-refractivity contribution is 7.17. The summed E-state index contributed by atoms with van der Waals surface area (Å²) < 4.78 is 10.4. The van der Waals surface area contributed by atoms with Gasteiger partial charge in [-0.2, -0.15) is 0 Å². The first-order valence-corrected chi connectivity index (χ1v) is 9.76. The van der Waals surface area contributed by atoms with Crippen molar-refractivity contribution in [2.75, 3.05) is 19.0 Å². The molecule has 1 aliphatic rings. The van der Waals surface area contributed by atoms with Gasteiger partial charge in [-0.15, -0.1) is 11.3 Å². The molecule has 0 spiro atoms. The zero-order chi connectivity index (χ0) is 20.3. The van der Waals surface area contributed by atoms with E-state index in [1.165, 1.54) is 24.5 Å². The van der Waals surface area contributed by atoms with E-state index in [-0.39, 0.29) is 17.9 Å². The molecule has 0 radical (unpaired) electrons. The van der Waals surface area contributed by atoms with Gasteiger partial charge < -0.3 is 20.5 Å². The number of benzene rings is 1. The summed E-state index contributed by atoms with van der Waals surface area (Å²) in [6.07, 6.45) is 2.66. The van der Waals surface area contributed by atoms with Gasteiger partial charge in [0, 0.05) is 4.88 Å². The van der Waals surface area contributed by atoms with Crippen LogP contribution in [0, 0.1) is 5.92 Å². The van der Waals surface area contributed by atoms with E-state index in [0.29, 0.717) is 16.5 Å². The first kappa shape index (κ1) is 19.9. The van der Waals surface area contributed by atoms with Crippen LogP contribution in [0.15, 0.2) is 24.3 Å². The Kier molecular flexibility index (Phi) is 5.99. The third-order valence-corrected chi connectivity index (χ3v) is 5.84. The number of carbonyl (C=O) groups is 3. The van der Waals surface area contributed by atoms with Gasteiger partial charge in [-0.05, 0) is 42.9 Å². The molecule has 0 saturated carbocycles. The molecule has 1 heterocycles. The summed E-state index contributed by atoms with van der Waals surface area (Å²) in [5, 5.41) is 3.23. The lowest BCUT2D eigenvalue weighted by atomic mass is 9.88. The zero-order valence-corrected chi connectivity index (χ0v) is 16.6. The maximum absolute atomic E-state index is 12.4. The molecule has 8 heteroatoms. The Morgan fingerprint density at radius 3 is 2.75 bits per heavy atom. The van der Waals surface area contributed by atoms with Gasteiger partial charge in [0.05, 0.1) is 18.2 Å². The Bertz CT molecular complexity index is 921. The minimum Gasteiger partial charge on any atom is -0.483 e. The van der Waals surface area contributed by atoms with Crippen LogP contribution in [0.25, 0.3) is 0 Å². The number of amides is 2. The van der Waals surface area contributed by atoms with Crippen LogP contribution in [0.4, 0.5) is 5.00 Å². The molecule has 0 aliphatic heterocycles. The van der Waals surface area contributed by atoms with E-state index in [2.05, 4.69) is 12.2 Å². The summed E-state index contributed by atoms with van der Waals surface area (Å²) in [4.78, 5) is 37.2. The second-order valence-corrected chi connectivity index (χ2v) is 7.85. The Morgan fingerprint density at radius 1 is 1.29 bits per heavy atom. The van der Waals surface area contributed by atoms with E-state index < -0.39 is 17.8 Å². The third-order valence-electron chi connectivity index (χ3n) is 4.67. The molecule has 0 saturated heterocycles. The fourth-order valence-corrected chi connectivity index (χ4v) is 4.67. The van der Waals surface area contributed by atoms with E-state index in [1.54, 1.807) is 18.2 Å². The maximum Gasteiger partial charge on any atom is 0.341 e. The number of hydrogen-bond donors (Lipinski definition) is 2. The molecule has 2 aromatic rings. The summed E-state index contributed by atoms with van der Waals surface area (Å²) in [5.41, 5.74) is 6.91. The maximum atomic E-state index is 12.4. The normalized spacial score (nSPS) is 15.4. The van der Waals surface area contributed by atoms with Crippen molar-refractivity contribution in [3.63, 3.8) is 0 Å². The van der Waals surface area contributed by atoms with Gasteiger partial charge in [0.15, 0.2) is 6.61 Å². The number of fused-ring (bicyclic) bond motifs is 1. The Morgan fingerprint density at radius 2 is 2.04 bits per heavy atom. The summed E-state index contributed by atoms with van der Waals surface area (Å²) in [7, 11) is 1.33. The molecule has 2 amide bonds. The van der Waals surface area contributed by atoms with Crippen LogP contribution in [-0.2, 0) is 22.4 Å². The van der Waals surface area contributed by atoms with Crippen LogP contribution < -0.4 is 15.8 Å². The molecular weight excluding hydrogens is 380 g/mol. The fraction of sp³-hybridized carbons (Fsp3) is 0.350. The van der Waals surface area contributed by atoms with E-state index in [1.807, 2.05) is 0 Å². The van der Waals surface area contributed by atoms with Crippen LogP contribution in [0.2, 0.25) is 0 Å². The minimum atomic E-state index is -0.635. The monoisotopic (exact) mass is 402 g/mol. The smallest absolute Gasteiger partial charge is 0.341 e. The van der Waals surface area contributed by atoms with Crippen molar-refractivity contribution in [3.8, 4) is 5.75 Å². The zero-order valence-electron chi connectivity index (χ0n) is 15.7. The molecule has 1 aromatic carbocycles. The average molecular weight is 402 g/mol. The molecule has 3 rings (SSSR count). The number of esters is 1. The van der Waals surface area contributed by atoms with Gasteiger partial charge >= 0.3 is 5.97 Å². The number of rotatable bonds is 6. The fourth-order valence-electron chi connectivity index (χ4n) is 3.26. The van der Waals surface area contributed by atoms with Crippen molar-refractivity contribution < 1.29 is 23.9 Å². The van der Waals surface area contributed by atoms with Gasteiger partial charge in [-0.25, -0.2) is 4.79 Å². The number of para-hydroxylation sites is 1. The highest BCUT2D eigenvalue weighted by Crippen LogP contribution is 2.40. The molecule has 0 fully saturated rings. The SMILES string of the molecule is COC(=O)c1c(NC(=O)COc2ccccc2C(N)=O)sc2c1CC[C@H](C)C2. The number of primary amides is 1. The molecule has 7 nitrogen and oxygen atoms in total. The largest absolute Gasteiger partial charge is 0.483 e. The van der Waals surface area contributed by atoms with Crippen molar-refractivity contribution in [3.05, 3.63) is 45.8 Å². The quantitative estimate of drug-likeness (QED) is 0.723. The topological polar surface area (TPSA) is 108 Å². The van der Waals surface area contributed by atoms with Crippen molar-refractivity contribution >= 4 is 34.1 Å². The first-order valence-electron chi connectivity index (χ1n) is 8.95. The number of nitrogens with two attached hydrogens (primary N) is 1. The number of ether oxygens (including phenoxy) is 2. The summed E-state index contributed by atoms with van der Waals surface area (Å²) in [6, 6.07) is 6.44. The molecule has 1 aromatic heterocycles. The number of nitrogens with one attached hydrogen (secondary N) is 1. The second kappa shape index (κ2) is 8.43. The molecule has 1 aliphatic carbocycles. The van der Waals surface area contributed by atoms with Crippen molar-refractivity contribution in [1.82, 2.24) is 0 Å². The number of anilines is 1. The highest BCUT2D eigenvalue weighted by atomic mass is 32.1. The standard InChI is InChI=1S/C20H22N2O5S/c1-11-7-8-13-15(9-11)28-19(17(13)20(25)26-2)22-16(23)10-27-14-6-4-3-5-12(14)18(21)24/h3-6,11H,7-10H2,1-2H3,(H2,21,24)(H,22,23)/t11-/m0/s1. The second-order valence-electron chi connectivity index (χ2n) is 6.74. The van der Waals surface area contributed by atoms with Crippen molar-refractivity contribution in [2.24, 2.45) is 11.7 Å². The van der Waals surface area contributed by atoms with E-state index in [0.717, 1.165) is 29.7 Å². The van der Waals surface area contributed by atoms with E-state index in [9.17, 15) is 14.4 Å². The van der Waals surface area contributed by atoms with Gasteiger partial charge in [0.2, 0.25) is 0 Å². The molecule has 3 N–H and O–H groups in total. The number of hydrogen-bond acceptors (Lipinski definition) is 6. The lowest BCUT2D eigenvalue weighted by molar-refractivity contribution is -0.118. The number of thiophene rings is 1. The molecule has 1 atom stereocenters. The predicted molar refractivity (Wildman–Crippen MR) is 106 cm³/mol. The predicted octanol–water partition coefficient (Wildman–Crippen LogP) is 2.78. The Labute approximate surface area is 166 Å². The van der Waals surface area contributed by atoms with Gasteiger partial charge in [-0.1, -0.05) is 19.1 Å². The third kappa shape index (κ3) is 4.17. The molecule has 28 heavy (non-hydrogen) atoms. The molecular formula is C20H22N2O5S. The summed E-state index contributed by atoms with van der Waals surface area (Å²) >= 11 is 1.41. The van der Waals surface area contributed by atoms with Crippen LogP contribution >= 0.6 is 11.3 Å². The lowest BCUT2D eigenvalue weighted by Gasteiger charge is -2.18. The minimum absolute atomic E-state index is 0.200. The number of carbonyl (C=O) groups excluding carboxylic acids is 3. The Hall–Kier alpha value is -2.87. The Balaban J connectivity index is 1.76. The van der Waals surface area contributed by atoms with Crippen molar-refractivity contribution in [1.29, 1.82) is 0 Å². The summed E-state index contributed by atoms with van der Waals surface area (Å²) in [5.74, 6) is -0.756. The number of methoxy groups -OCH3 is 1. The average Bonchev–Trinajstić information content (AvgIpc) is 3.02. The van der Waals surface area contributed by atoms with Crippen molar-refractivity contribution in [2.45, 2.75) is 26.2 Å². The molecule has 148 valence electrons. The highest BCUT2D eigenvalue weighted by Gasteiger charge is 2.29. The van der Waals surface area contributed by atoms with Gasteiger partial charge in [0.25, 0.3) is 11.8 Å². The van der Waals surface area contributed by atoms with Crippen LogP contribution in [-0.4, -0.2) is 31.5 Å². The van der Waals surface area contributed by atoms with Gasteiger partial charge in [-0.3, -0.25) is 9.59 Å². The summed E-state index contributed by atoms with van der Waals surface area (Å²) in [6.45, 7) is 1.85. The molecule has 0 unspecified atom stereocenters. The van der Waals surface area contributed by atoms with Crippen LogP contribution in [0.3, 0.4) is 0 Å².